The predicted molar refractivity (Wildman–Crippen MR) is 84.6 cm³/mol. The van der Waals surface area contributed by atoms with E-state index in [4.69, 9.17) is 18.9 Å². The Kier molecular flexibility index (Phi) is 8.55. The minimum atomic E-state index is -0.404. The molecule has 0 heterocycles. The third kappa shape index (κ3) is 5.66. The van der Waals surface area contributed by atoms with E-state index in [2.05, 4.69) is 0 Å². The zero-order valence-electron chi connectivity index (χ0n) is 13.9. The van der Waals surface area contributed by atoms with Gasteiger partial charge in [0.1, 0.15) is 11.9 Å². The van der Waals surface area contributed by atoms with Gasteiger partial charge in [-0.05, 0) is 44.0 Å². The van der Waals surface area contributed by atoms with Crippen LogP contribution in [0.4, 0.5) is 0 Å². The fourth-order valence-electron chi connectivity index (χ4n) is 2.02. The van der Waals surface area contributed by atoms with E-state index in [0.29, 0.717) is 32.0 Å². The molecule has 124 valence electrons. The lowest BCUT2D eigenvalue weighted by atomic mass is 10.0. The molecule has 22 heavy (non-hydrogen) atoms. The summed E-state index contributed by atoms with van der Waals surface area (Å²) in [5.74, 6) is 0.373. The molecule has 0 unspecified atom stereocenters. The molecule has 1 rings (SSSR count). The number of rotatable bonds is 10. The highest BCUT2D eigenvalue weighted by Crippen LogP contribution is 2.19. The molecule has 0 aromatic heterocycles. The third-order valence-electron chi connectivity index (χ3n) is 3.20. The van der Waals surface area contributed by atoms with Gasteiger partial charge in [-0.2, -0.15) is 0 Å². The van der Waals surface area contributed by atoms with Crippen LogP contribution in [-0.2, 0) is 20.6 Å². The molecule has 5 nitrogen and oxygen atoms in total. The van der Waals surface area contributed by atoms with Crippen molar-refractivity contribution in [2.45, 2.75) is 33.3 Å². The van der Waals surface area contributed by atoms with Crippen molar-refractivity contribution in [2.75, 3.05) is 33.5 Å². The number of hydrogen-bond acceptors (Lipinski definition) is 5. The van der Waals surface area contributed by atoms with Crippen LogP contribution in [0.15, 0.2) is 18.2 Å². The van der Waals surface area contributed by atoms with E-state index >= 15 is 0 Å². The number of aryl methyl sites for hydroxylation is 1. The molecule has 0 radical (unpaired) electrons. The number of carbonyl (C=O) groups is 1. The van der Waals surface area contributed by atoms with E-state index in [1.54, 1.807) is 19.2 Å². The van der Waals surface area contributed by atoms with Crippen LogP contribution in [0.25, 0.3) is 0 Å². The molecular formula is C17H26O5. The normalized spacial score (nSPS) is 10.8. The summed E-state index contributed by atoms with van der Waals surface area (Å²) < 4.78 is 21.4. The third-order valence-corrected chi connectivity index (χ3v) is 3.20. The maximum absolute atomic E-state index is 12.4. The zero-order valence-corrected chi connectivity index (χ0v) is 13.9. The Morgan fingerprint density at radius 3 is 2.23 bits per heavy atom. The van der Waals surface area contributed by atoms with Gasteiger partial charge in [-0.3, -0.25) is 0 Å². The minimum Gasteiger partial charge on any atom is -0.497 e. The average Bonchev–Trinajstić information content (AvgIpc) is 2.56. The van der Waals surface area contributed by atoms with Gasteiger partial charge in [0.05, 0.1) is 25.9 Å². The molecule has 0 bridgehead atoms. The van der Waals surface area contributed by atoms with Crippen LogP contribution in [0.5, 0.6) is 5.75 Å². The SMILES string of the molecule is CCOCC(COCC)OC(=O)c1ccc(OC)cc1CC. The summed E-state index contributed by atoms with van der Waals surface area (Å²) in [4.78, 5) is 12.4. The molecule has 0 spiro atoms. The van der Waals surface area contributed by atoms with E-state index in [1.807, 2.05) is 26.8 Å². The average molecular weight is 310 g/mol. The van der Waals surface area contributed by atoms with Crippen molar-refractivity contribution in [3.8, 4) is 5.75 Å². The summed E-state index contributed by atoms with van der Waals surface area (Å²) in [6.07, 6.45) is 0.322. The van der Waals surface area contributed by atoms with Crippen LogP contribution >= 0.6 is 0 Å². The first kappa shape index (κ1) is 18.5. The number of hydrogen-bond donors (Lipinski definition) is 0. The Morgan fingerprint density at radius 1 is 1.09 bits per heavy atom. The molecule has 0 fully saturated rings. The first-order valence-electron chi connectivity index (χ1n) is 7.69. The predicted octanol–water partition coefficient (Wildman–Crippen LogP) is 2.86. The van der Waals surface area contributed by atoms with Crippen molar-refractivity contribution in [1.29, 1.82) is 0 Å². The quantitative estimate of drug-likeness (QED) is 0.622. The first-order valence-corrected chi connectivity index (χ1v) is 7.69. The van der Waals surface area contributed by atoms with E-state index in [1.165, 1.54) is 0 Å². The monoisotopic (exact) mass is 310 g/mol. The van der Waals surface area contributed by atoms with Gasteiger partial charge in [0, 0.05) is 13.2 Å². The molecule has 0 aliphatic rings. The Bertz CT molecular complexity index is 450. The van der Waals surface area contributed by atoms with Gasteiger partial charge in [-0.25, -0.2) is 4.79 Å². The van der Waals surface area contributed by atoms with Crippen LogP contribution in [0.1, 0.15) is 36.7 Å². The van der Waals surface area contributed by atoms with Crippen LogP contribution in [-0.4, -0.2) is 45.6 Å². The molecule has 0 N–H and O–H groups in total. The number of ether oxygens (including phenoxy) is 4. The zero-order chi connectivity index (χ0) is 16.4. The number of esters is 1. The smallest absolute Gasteiger partial charge is 0.338 e. The summed E-state index contributed by atoms with van der Waals surface area (Å²) in [7, 11) is 1.60. The van der Waals surface area contributed by atoms with E-state index in [9.17, 15) is 4.79 Å². The van der Waals surface area contributed by atoms with Gasteiger partial charge in [0.25, 0.3) is 0 Å². The second-order valence-corrected chi connectivity index (χ2v) is 4.72. The molecule has 0 saturated heterocycles. The Morgan fingerprint density at radius 2 is 1.73 bits per heavy atom. The van der Waals surface area contributed by atoms with Gasteiger partial charge in [0.15, 0.2) is 0 Å². The van der Waals surface area contributed by atoms with Crippen LogP contribution in [0, 0.1) is 0 Å². The maximum atomic E-state index is 12.4. The largest absolute Gasteiger partial charge is 0.497 e. The fourth-order valence-corrected chi connectivity index (χ4v) is 2.02. The summed E-state index contributed by atoms with van der Waals surface area (Å²) in [6, 6.07) is 5.35. The van der Waals surface area contributed by atoms with Crippen molar-refractivity contribution in [2.24, 2.45) is 0 Å². The van der Waals surface area contributed by atoms with Crippen molar-refractivity contribution < 1.29 is 23.7 Å². The highest BCUT2D eigenvalue weighted by Gasteiger charge is 2.19. The van der Waals surface area contributed by atoms with Gasteiger partial charge >= 0.3 is 5.97 Å². The standard InChI is InChI=1S/C17H26O5/c1-5-13-10-14(19-4)8-9-16(13)17(18)22-15(11-20-6-2)12-21-7-3/h8-10,15H,5-7,11-12H2,1-4H3. The molecule has 0 amide bonds. The van der Waals surface area contributed by atoms with Crippen LogP contribution in [0.3, 0.4) is 0 Å². The maximum Gasteiger partial charge on any atom is 0.338 e. The Hall–Kier alpha value is -1.59. The number of methoxy groups -OCH3 is 1. The summed E-state index contributed by atoms with van der Waals surface area (Å²) in [5, 5.41) is 0. The highest BCUT2D eigenvalue weighted by atomic mass is 16.6. The van der Waals surface area contributed by atoms with E-state index in [0.717, 1.165) is 17.7 Å². The molecule has 0 saturated carbocycles. The summed E-state index contributed by atoms with van der Waals surface area (Å²) in [5.41, 5.74) is 1.46. The topological polar surface area (TPSA) is 54.0 Å². The molecular weight excluding hydrogens is 284 g/mol. The van der Waals surface area contributed by atoms with Gasteiger partial charge < -0.3 is 18.9 Å². The fraction of sp³-hybridized carbons (Fsp3) is 0.588. The van der Waals surface area contributed by atoms with Gasteiger partial charge in [-0.15, -0.1) is 0 Å². The minimum absolute atomic E-state index is 0.333. The summed E-state index contributed by atoms with van der Waals surface area (Å²) >= 11 is 0. The van der Waals surface area contributed by atoms with E-state index in [-0.39, 0.29) is 5.97 Å². The lowest BCUT2D eigenvalue weighted by molar-refractivity contribution is -0.0364. The molecule has 5 heteroatoms. The van der Waals surface area contributed by atoms with E-state index < -0.39 is 6.10 Å². The lowest BCUT2D eigenvalue weighted by Crippen LogP contribution is -2.29. The van der Waals surface area contributed by atoms with Crippen molar-refractivity contribution >= 4 is 5.97 Å². The highest BCUT2D eigenvalue weighted by molar-refractivity contribution is 5.91. The molecule has 1 aromatic rings. The Labute approximate surface area is 132 Å². The van der Waals surface area contributed by atoms with Crippen molar-refractivity contribution in [3.63, 3.8) is 0 Å². The van der Waals surface area contributed by atoms with Gasteiger partial charge in [-0.1, -0.05) is 6.92 Å². The van der Waals surface area contributed by atoms with Crippen molar-refractivity contribution in [1.82, 2.24) is 0 Å². The second-order valence-electron chi connectivity index (χ2n) is 4.72. The lowest BCUT2D eigenvalue weighted by Gasteiger charge is -2.18. The number of benzene rings is 1. The molecule has 1 aromatic carbocycles. The molecule has 0 aliphatic heterocycles. The molecule has 0 aliphatic carbocycles. The second kappa shape index (κ2) is 10.2. The summed E-state index contributed by atoms with van der Waals surface area (Å²) in [6.45, 7) is 7.60. The van der Waals surface area contributed by atoms with Crippen LogP contribution in [0.2, 0.25) is 0 Å². The first-order chi connectivity index (χ1) is 10.7. The number of carbonyl (C=O) groups excluding carboxylic acids is 1. The van der Waals surface area contributed by atoms with Gasteiger partial charge in [0.2, 0.25) is 0 Å². The van der Waals surface area contributed by atoms with Crippen LogP contribution < -0.4 is 4.74 Å². The molecule has 0 atom stereocenters. The van der Waals surface area contributed by atoms with Crippen molar-refractivity contribution in [3.05, 3.63) is 29.3 Å². The Balaban J connectivity index is 2.79.